The lowest BCUT2D eigenvalue weighted by Gasteiger charge is -2.36. The lowest BCUT2D eigenvalue weighted by Crippen LogP contribution is -2.64. The summed E-state index contributed by atoms with van der Waals surface area (Å²) in [5.74, 6) is -0.0636. The summed E-state index contributed by atoms with van der Waals surface area (Å²) in [5, 5.41) is 2.25. The van der Waals surface area contributed by atoms with Gasteiger partial charge in [0.05, 0.1) is 0 Å². The number of halogens is 3. The third-order valence-corrected chi connectivity index (χ3v) is 5.68. The highest BCUT2D eigenvalue weighted by molar-refractivity contribution is 5.90. The van der Waals surface area contributed by atoms with Crippen LogP contribution in [0.15, 0.2) is 30.5 Å². The number of hydrogen-bond donors (Lipinski definition) is 1. The van der Waals surface area contributed by atoms with Gasteiger partial charge in [0.2, 0.25) is 11.5 Å². The monoisotopic (exact) mass is 393 g/mol. The molecule has 1 aromatic rings. The smallest absolute Gasteiger partial charge is 0.367 e. The van der Waals surface area contributed by atoms with Crippen LogP contribution in [0.5, 0.6) is 0 Å². The van der Waals surface area contributed by atoms with Crippen LogP contribution in [0.25, 0.3) is 0 Å². The Morgan fingerprint density at radius 1 is 1.11 bits per heavy atom. The minimum Gasteiger partial charge on any atom is -0.367 e. The topological polar surface area (TPSA) is 61.4 Å². The second kappa shape index (κ2) is 6.49. The van der Waals surface area contributed by atoms with E-state index in [-0.39, 0.29) is 11.8 Å². The van der Waals surface area contributed by atoms with E-state index in [1.165, 1.54) is 23.3 Å². The van der Waals surface area contributed by atoms with Gasteiger partial charge in [-0.05, 0) is 38.3 Å². The molecule has 150 valence electrons. The first-order valence-electron chi connectivity index (χ1n) is 9.25. The molecule has 2 fully saturated rings. The molecule has 1 aromatic heterocycles. The Morgan fingerprint density at radius 3 is 2.21 bits per heavy atom. The van der Waals surface area contributed by atoms with Gasteiger partial charge < -0.3 is 15.1 Å². The highest BCUT2D eigenvalue weighted by Crippen LogP contribution is 2.39. The molecule has 0 aliphatic carbocycles. The summed E-state index contributed by atoms with van der Waals surface area (Å²) >= 11 is 0. The van der Waals surface area contributed by atoms with Crippen LogP contribution >= 0.6 is 0 Å². The van der Waals surface area contributed by atoms with Gasteiger partial charge in [0.1, 0.15) is 0 Å². The van der Waals surface area contributed by atoms with Crippen LogP contribution < -0.4 is 10.2 Å². The van der Waals surface area contributed by atoms with Gasteiger partial charge in [0.15, 0.2) is 0 Å². The fourth-order valence-electron chi connectivity index (χ4n) is 4.33. The van der Waals surface area contributed by atoms with Crippen molar-refractivity contribution in [2.75, 3.05) is 31.1 Å². The van der Waals surface area contributed by atoms with Crippen molar-refractivity contribution in [1.82, 2.24) is 20.2 Å². The molecule has 4 rings (SSSR count). The molecule has 9 heteroatoms. The Bertz CT molecular complexity index is 818. The van der Waals surface area contributed by atoms with Gasteiger partial charge in [-0.1, -0.05) is 6.08 Å². The molecule has 0 spiro atoms. The first kappa shape index (κ1) is 18.8. The number of carbonyl (C=O) groups is 1. The van der Waals surface area contributed by atoms with Gasteiger partial charge in [-0.25, -0.2) is 9.97 Å². The van der Waals surface area contributed by atoms with Crippen molar-refractivity contribution in [1.29, 1.82) is 0 Å². The van der Waals surface area contributed by atoms with Gasteiger partial charge in [0.25, 0.3) is 5.91 Å². The Morgan fingerprint density at radius 2 is 1.71 bits per heavy atom. The molecule has 3 aliphatic heterocycles. The molecule has 0 aromatic carbocycles. The van der Waals surface area contributed by atoms with E-state index in [4.69, 9.17) is 0 Å². The molecule has 3 aliphatic rings. The number of rotatable bonds is 2. The zero-order chi connectivity index (χ0) is 20.1. The first-order chi connectivity index (χ1) is 13.2. The maximum atomic E-state index is 13.7. The predicted octanol–water partition coefficient (Wildman–Crippen LogP) is 1.96. The third kappa shape index (κ3) is 3.02. The van der Waals surface area contributed by atoms with Crippen molar-refractivity contribution in [3.8, 4) is 0 Å². The summed E-state index contributed by atoms with van der Waals surface area (Å²) in [7, 11) is 0. The standard InChI is InChI=1S/C19H22F3N5O/c1-12-7-13(2)25-17(24-12)27-10-14-8-26(9-15(14)11-27)16(28)18(19(20,21)22)5-3-4-6-23-18/h3-7,14-15,23H,8-11H2,1-2H3. The van der Waals surface area contributed by atoms with Gasteiger partial charge in [-0.3, -0.25) is 4.79 Å². The van der Waals surface area contributed by atoms with Crippen LogP contribution in [0.2, 0.25) is 0 Å². The largest absolute Gasteiger partial charge is 0.424 e. The fourth-order valence-corrected chi connectivity index (χ4v) is 4.33. The lowest BCUT2D eigenvalue weighted by molar-refractivity contribution is -0.192. The molecular formula is C19H22F3N5O. The van der Waals surface area contributed by atoms with Crippen LogP contribution in [0.4, 0.5) is 19.1 Å². The number of anilines is 1. The fraction of sp³-hybridized carbons (Fsp3) is 0.526. The van der Waals surface area contributed by atoms with Crippen LogP contribution in [0.3, 0.4) is 0 Å². The molecule has 3 atom stereocenters. The molecule has 1 N–H and O–H groups in total. The minimum atomic E-state index is -4.72. The first-order valence-corrected chi connectivity index (χ1v) is 9.25. The number of nitrogens with zero attached hydrogens (tertiary/aromatic N) is 4. The maximum Gasteiger partial charge on any atom is 0.424 e. The molecule has 2 saturated heterocycles. The summed E-state index contributed by atoms with van der Waals surface area (Å²) in [5.41, 5.74) is -0.921. The summed E-state index contributed by atoms with van der Waals surface area (Å²) < 4.78 is 41.2. The Balaban J connectivity index is 1.48. The highest BCUT2D eigenvalue weighted by atomic mass is 19.4. The van der Waals surface area contributed by atoms with Crippen molar-refractivity contribution < 1.29 is 18.0 Å². The van der Waals surface area contributed by atoms with E-state index in [0.717, 1.165) is 17.5 Å². The average Bonchev–Trinajstić information content (AvgIpc) is 3.19. The van der Waals surface area contributed by atoms with Gasteiger partial charge in [0, 0.05) is 49.4 Å². The molecule has 6 nitrogen and oxygen atoms in total. The second-order valence-corrected chi connectivity index (χ2v) is 7.75. The number of nitrogens with one attached hydrogen (secondary N) is 1. The predicted molar refractivity (Wildman–Crippen MR) is 97.5 cm³/mol. The van der Waals surface area contributed by atoms with Crippen LogP contribution in [0, 0.1) is 25.7 Å². The van der Waals surface area contributed by atoms with Crippen molar-refractivity contribution >= 4 is 11.9 Å². The van der Waals surface area contributed by atoms with Crippen molar-refractivity contribution in [3.05, 3.63) is 41.9 Å². The number of amides is 1. The number of alkyl halides is 3. The lowest BCUT2D eigenvalue weighted by atomic mass is 9.94. The molecule has 0 bridgehead atoms. The van der Waals surface area contributed by atoms with Gasteiger partial charge in [-0.2, -0.15) is 13.2 Å². The summed E-state index contributed by atoms with van der Waals surface area (Å²) in [4.78, 5) is 25.2. The van der Waals surface area contributed by atoms with Gasteiger partial charge >= 0.3 is 6.18 Å². The number of aromatic nitrogens is 2. The van der Waals surface area contributed by atoms with Crippen molar-refractivity contribution in [2.24, 2.45) is 11.8 Å². The van der Waals surface area contributed by atoms with Gasteiger partial charge in [-0.15, -0.1) is 0 Å². The SMILES string of the molecule is Cc1cc(C)nc(N2CC3CN(C(=O)C4(C(F)(F)F)C=CC=CN4)CC3C2)n1. The third-order valence-electron chi connectivity index (χ3n) is 5.68. The minimum absolute atomic E-state index is 0.113. The van der Waals surface area contributed by atoms with E-state index in [0.29, 0.717) is 32.1 Å². The van der Waals surface area contributed by atoms with Crippen molar-refractivity contribution in [3.63, 3.8) is 0 Å². The van der Waals surface area contributed by atoms with E-state index in [1.54, 1.807) is 0 Å². The molecule has 28 heavy (non-hydrogen) atoms. The Kier molecular flexibility index (Phi) is 4.35. The maximum absolute atomic E-state index is 13.7. The summed E-state index contributed by atoms with van der Waals surface area (Å²) in [6.07, 6.45) is 0.0537. The molecule has 1 amide bonds. The normalized spacial score (nSPS) is 29.2. The van der Waals surface area contributed by atoms with Crippen molar-refractivity contribution in [2.45, 2.75) is 25.6 Å². The average molecular weight is 393 g/mol. The Hall–Kier alpha value is -2.58. The molecule has 3 unspecified atom stereocenters. The van der Waals surface area contributed by atoms with E-state index < -0.39 is 17.6 Å². The number of carbonyl (C=O) groups excluding carboxylic acids is 1. The zero-order valence-electron chi connectivity index (χ0n) is 15.7. The number of aryl methyl sites for hydroxylation is 2. The molecule has 0 radical (unpaired) electrons. The highest BCUT2D eigenvalue weighted by Gasteiger charge is 2.61. The van der Waals surface area contributed by atoms with E-state index in [1.807, 2.05) is 19.9 Å². The summed E-state index contributed by atoms with van der Waals surface area (Å²) in [6.45, 7) is 5.71. The Labute approximate surface area is 161 Å². The molecule has 4 heterocycles. The van der Waals surface area contributed by atoms with E-state index >= 15 is 0 Å². The quantitative estimate of drug-likeness (QED) is 0.833. The number of fused-ring (bicyclic) bond motifs is 1. The number of hydrogen-bond acceptors (Lipinski definition) is 5. The molecule has 0 saturated carbocycles. The zero-order valence-corrected chi connectivity index (χ0v) is 15.7. The number of likely N-dealkylation sites (tertiary alicyclic amines) is 1. The van der Waals surface area contributed by atoms with E-state index in [9.17, 15) is 18.0 Å². The summed E-state index contributed by atoms with van der Waals surface area (Å²) in [6, 6.07) is 1.90. The van der Waals surface area contributed by atoms with E-state index in [2.05, 4.69) is 20.2 Å². The molecular weight excluding hydrogens is 371 g/mol. The van der Waals surface area contributed by atoms with Crippen LogP contribution in [-0.4, -0.2) is 58.7 Å². The number of dihydropyridines is 1. The second-order valence-electron chi connectivity index (χ2n) is 7.75. The van der Waals surface area contributed by atoms with Crippen LogP contribution in [-0.2, 0) is 4.79 Å². The number of allylic oxidation sites excluding steroid dienone is 2. The van der Waals surface area contributed by atoms with Crippen LogP contribution in [0.1, 0.15) is 11.4 Å².